The molecule has 6 heteroatoms. The van der Waals surface area contributed by atoms with E-state index in [-0.39, 0.29) is 11.6 Å². The Morgan fingerprint density at radius 1 is 1.53 bits per heavy atom. The summed E-state index contributed by atoms with van der Waals surface area (Å²) in [4.78, 5) is 15.4. The van der Waals surface area contributed by atoms with Crippen LogP contribution in [0.15, 0.2) is 12.4 Å². The zero-order chi connectivity index (χ0) is 12.0. The molecule has 2 aromatic rings. The van der Waals surface area contributed by atoms with Crippen LogP contribution in [0.4, 0.5) is 5.69 Å². The van der Waals surface area contributed by atoms with Crippen molar-refractivity contribution >= 4 is 17.3 Å². The van der Waals surface area contributed by atoms with E-state index < -0.39 is 5.97 Å². The topological polar surface area (TPSA) is 93.5 Å². The predicted molar refractivity (Wildman–Crippen MR) is 61.0 cm³/mol. The number of nitrogens with two attached hydrogens (primary N) is 1. The molecule has 2 heterocycles. The van der Waals surface area contributed by atoms with Crippen molar-refractivity contribution in [2.45, 2.75) is 25.2 Å². The fourth-order valence-electron chi connectivity index (χ4n) is 2.20. The fourth-order valence-corrected chi connectivity index (χ4v) is 2.20. The van der Waals surface area contributed by atoms with E-state index in [1.807, 2.05) is 0 Å². The third-order valence-electron chi connectivity index (χ3n) is 3.24. The van der Waals surface area contributed by atoms with E-state index in [1.54, 1.807) is 6.20 Å². The molecular weight excluding hydrogens is 220 g/mol. The van der Waals surface area contributed by atoms with Gasteiger partial charge in [-0.1, -0.05) is 6.42 Å². The molecule has 3 rings (SSSR count). The lowest BCUT2D eigenvalue weighted by molar-refractivity contribution is 0.0687. The highest BCUT2D eigenvalue weighted by molar-refractivity contribution is 5.89. The normalized spacial score (nSPS) is 16.0. The number of anilines is 1. The standard InChI is InChI=1S/C11H12N4O2/c12-7-4-13-10-8(6-2-1-3-6)9(11(16)17)14-15(10)5-7/h4-6H,1-3,12H2,(H,16,17). The van der Waals surface area contributed by atoms with Crippen LogP contribution in [0.1, 0.15) is 41.2 Å². The Morgan fingerprint density at radius 3 is 2.88 bits per heavy atom. The lowest BCUT2D eigenvalue weighted by Crippen LogP contribution is -2.13. The van der Waals surface area contributed by atoms with Gasteiger partial charge in [0, 0.05) is 5.56 Å². The van der Waals surface area contributed by atoms with Crippen LogP contribution in [0, 0.1) is 0 Å². The summed E-state index contributed by atoms with van der Waals surface area (Å²) in [5.41, 5.74) is 7.55. The molecule has 0 atom stereocenters. The van der Waals surface area contributed by atoms with Crippen LogP contribution in [0.3, 0.4) is 0 Å². The van der Waals surface area contributed by atoms with Crippen LogP contribution in [0.2, 0.25) is 0 Å². The number of nitrogens with zero attached hydrogens (tertiary/aromatic N) is 3. The minimum Gasteiger partial charge on any atom is -0.476 e. The molecule has 1 aliphatic rings. The van der Waals surface area contributed by atoms with Gasteiger partial charge in [0.15, 0.2) is 11.3 Å². The first-order chi connectivity index (χ1) is 8.16. The number of carboxylic acid groups (broad SMARTS) is 1. The Bertz CT molecular complexity index is 601. The van der Waals surface area contributed by atoms with Crippen molar-refractivity contribution in [2.75, 3.05) is 5.73 Å². The summed E-state index contributed by atoms with van der Waals surface area (Å²) < 4.78 is 1.46. The third kappa shape index (κ3) is 1.44. The number of rotatable bonds is 2. The summed E-state index contributed by atoms with van der Waals surface area (Å²) in [7, 11) is 0. The maximum absolute atomic E-state index is 11.2. The molecule has 0 bridgehead atoms. The van der Waals surface area contributed by atoms with E-state index in [0.717, 1.165) is 24.8 Å². The van der Waals surface area contributed by atoms with Crippen molar-refractivity contribution in [1.82, 2.24) is 14.6 Å². The Kier molecular flexibility index (Phi) is 2.04. The van der Waals surface area contributed by atoms with E-state index in [4.69, 9.17) is 10.8 Å². The number of hydrogen-bond donors (Lipinski definition) is 2. The van der Waals surface area contributed by atoms with Gasteiger partial charge in [-0.2, -0.15) is 5.10 Å². The first kappa shape index (κ1) is 10.1. The van der Waals surface area contributed by atoms with Crippen molar-refractivity contribution in [3.05, 3.63) is 23.7 Å². The highest BCUT2D eigenvalue weighted by Crippen LogP contribution is 2.39. The van der Waals surface area contributed by atoms with Crippen LogP contribution in [0.25, 0.3) is 5.65 Å². The van der Waals surface area contributed by atoms with Crippen LogP contribution in [-0.2, 0) is 0 Å². The van der Waals surface area contributed by atoms with Crippen molar-refractivity contribution in [2.24, 2.45) is 0 Å². The molecule has 1 aliphatic carbocycles. The zero-order valence-electron chi connectivity index (χ0n) is 9.13. The van der Waals surface area contributed by atoms with E-state index in [2.05, 4.69) is 10.1 Å². The summed E-state index contributed by atoms with van der Waals surface area (Å²) in [5.74, 6) is -0.731. The minimum atomic E-state index is -1.00. The van der Waals surface area contributed by atoms with E-state index in [0.29, 0.717) is 11.3 Å². The molecule has 6 nitrogen and oxygen atoms in total. The average molecular weight is 232 g/mol. The van der Waals surface area contributed by atoms with Crippen LogP contribution in [0.5, 0.6) is 0 Å². The van der Waals surface area contributed by atoms with Gasteiger partial charge in [-0.15, -0.1) is 0 Å². The Labute approximate surface area is 97.1 Å². The van der Waals surface area contributed by atoms with Gasteiger partial charge in [0.25, 0.3) is 0 Å². The Hall–Kier alpha value is -2.11. The van der Waals surface area contributed by atoms with Gasteiger partial charge in [-0.3, -0.25) is 0 Å². The molecule has 2 aromatic heterocycles. The molecule has 17 heavy (non-hydrogen) atoms. The van der Waals surface area contributed by atoms with Crippen LogP contribution in [-0.4, -0.2) is 25.7 Å². The maximum atomic E-state index is 11.2. The second-order valence-corrected chi connectivity index (χ2v) is 4.35. The Balaban J connectivity index is 2.26. The maximum Gasteiger partial charge on any atom is 0.356 e. The van der Waals surface area contributed by atoms with Crippen LogP contribution >= 0.6 is 0 Å². The molecular formula is C11H12N4O2. The summed E-state index contributed by atoms with van der Waals surface area (Å²) in [6.45, 7) is 0. The van der Waals surface area contributed by atoms with Gasteiger partial charge >= 0.3 is 5.97 Å². The molecule has 0 unspecified atom stereocenters. The number of nitrogen functional groups attached to an aromatic ring is 1. The van der Waals surface area contributed by atoms with Gasteiger partial charge in [0.05, 0.1) is 18.1 Å². The molecule has 0 radical (unpaired) electrons. The second kappa shape index (κ2) is 3.44. The molecule has 0 aromatic carbocycles. The molecule has 3 N–H and O–H groups in total. The number of fused-ring (bicyclic) bond motifs is 1. The number of aromatic nitrogens is 3. The summed E-state index contributed by atoms with van der Waals surface area (Å²) in [6.07, 6.45) is 6.28. The smallest absolute Gasteiger partial charge is 0.356 e. The highest BCUT2D eigenvalue weighted by atomic mass is 16.4. The first-order valence-corrected chi connectivity index (χ1v) is 5.54. The summed E-state index contributed by atoms with van der Waals surface area (Å²) in [6, 6.07) is 0. The van der Waals surface area contributed by atoms with Crippen LogP contribution < -0.4 is 5.73 Å². The monoisotopic (exact) mass is 232 g/mol. The second-order valence-electron chi connectivity index (χ2n) is 4.35. The Morgan fingerprint density at radius 2 is 2.29 bits per heavy atom. The SMILES string of the molecule is Nc1cnc2c(C3CCC3)c(C(=O)O)nn2c1. The summed E-state index contributed by atoms with van der Waals surface area (Å²) >= 11 is 0. The van der Waals surface area contributed by atoms with Crippen molar-refractivity contribution in [1.29, 1.82) is 0 Å². The van der Waals surface area contributed by atoms with Gasteiger partial charge in [-0.05, 0) is 18.8 Å². The minimum absolute atomic E-state index is 0.104. The fraction of sp³-hybridized carbons (Fsp3) is 0.364. The van der Waals surface area contributed by atoms with E-state index >= 15 is 0 Å². The number of aromatic carboxylic acids is 1. The molecule has 1 saturated carbocycles. The molecule has 88 valence electrons. The molecule has 0 aliphatic heterocycles. The average Bonchev–Trinajstić information content (AvgIpc) is 2.54. The van der Waals surface area contributed by atoms with E-state index in [1.165, 1.54) is 10.7 Å². The first-order valence-electron chi connectivity index (χ1n) is 5.54. The van der Waals surface area contributed by atoms with Crippen molar-refractivity contribution < 1.29 is 9.90 Å². The van der Waals surface area contributed by atoms with Gasteiger partial charge in [0.2, 0.25) is 0 Å². The molecule has 0 spiro atoms. The van der Waals surface area contributed by atoms with E-state index in [9.17, 15) is 4.79 Å². The lowest BCUT2D eigenvalue weighted by Gasteiger charge is -2.24. The highest BCUT2D eigenvalue weighted by Gasteiger charge is 2.30. The number of carboxylic acids is 1. The van der Waals surface area contributed by atoms with Gasteiger partial charge in [0.1, 0.15) is 0 Å². The third-order valence-corrected chi connectivity index (χ3v) is 3.24. The van der Waals surface area contributed by atoms with Crippen molar-refractivity contribution in [3.8, 4) is 0 Å². The molecule has 0 amide bonds. The largest absolute Gasteiger partial charge is 0.476 e. The quantitative estimate of drug-likeness (QED) is 0.813. The summed E-state index contributed by atoms with van der Waals surface area (Å²) in [5, 5.41) is 13.2. The lowest BCUT2D eigenvalue weighted by atomic mass is 9.80. The number of hydrogen-bond acceptors (Lipinski definition) is 4. The van der Waals surface area contributed by atoms with Gasteiger partial charge < -0.3 is 10.8 Å². The van der Waals surface area contributed by atoms with Gasteiger partial charge in [-0.25, -0.2) is 14.3 Å². The predicted octanol–water partition coefficient (Wildman–Crippen LogP) is 1.28. The van der Waals surface area contributed by atoms with Crippen molar-refractivity contribution in [3.63, 3.8) is 0 Å². The molecule has 0 saturated heterocycles. The number of carbonyl (C=O) groups is 1. The molecule has 1 fully saturated rings. The zero-order valence-corrected chi connectivity index (χ0v) is 9.13.